The van der Waals surface area contributed by atoms with Crippen molar-refractivity contribution in [1.82, 2.24) is 0 Å². The highest BCUT2D eigenvalue weighted by atomic mass is 31.2. The van der Waals surface area contributed by atoms with Crippen molar-refractivity contribution in [3.8, 4) is 0 Å². The molecule has 3 aliphatic carbocycles. The maximum atomic E-state index is 10.7. The Hall–Kier alpha value is -0.600. The van der Waals surface area contributed by atoms with Crippen LogP contribution in [0.1, 0.15) is 111 Å². The van der Waals surface area contributed by atoms with Crippen LogP contribution in [0.3, 0.4) is 0 Å². The van der Waals surface area contributed by atoms with Gasteiger partial charge in [-0.05, 0) is 99.0 Å². The minimum Gasteiger partial charge on any atom is -0.393 e. The lowest BCUT2D eigenvalue weighted by atomic mass is 9.60. The SMILES string of the molecule is C=C1CC[C@H](O)C/C1=C/C=C1\CCC[C@]2(C)[C@@H]([C@H](C)CCCC(C)C)CC[C@@H]12.NCCCC(O)(P(=O)(O)O)P(=O)(O)O. The van der Waals surface area contributed by atoms with Crippen LogP contribution in [-0.4, -0.2) is 47.5 Å². The summed E-state index contributed by atoms with van der Waals surface area (Å²) in [7, 11) is -10.6. The van der Waals surface area contributed by atoms with Crippen LogP contribution in [0.25, 0.3) is 0 Å². The number of aliphatic hydroxyl groups is 2. The van der Waals surface area contributed by atoms with E-state index >= 15 is 0 Å². The molecular weight excluding hydrogens is 576 g/mol. The second-order valence-electron chi connectivity index (χ2n) is 13.6. The normalized spacial score (nSPS) is 29.9. The zero-order valence-corrected chi connectivity index (χ0v) is 27.9. The number of nitrogens with two attached hydrogens (primary N) is 1. The van der Waals surface area contributed by atoms with Gasteiger partial charge in [-0.3, -0.25) is 9.13 Å². The third-order valence-corrected chi connectivity index (χ3v) is 13.9. The Balaban J connectivity index is 0.000000374. The van der Waals surface area contributed by atoms with Crippen molar-refractivity contribution in [2.45, 2.75) is 122 Å². The molecule has 11 heteroatoms. The Morgan fingerprint density at radius 1 is 1.02 bits per heavy atom. The maximum absolute atomic E-state index is 10.7. The molecule has 0 radical (unpaired) electrons. The van der Waals surface area contributed by atoms with Crippen molar-refractivity contribution in [1.29, 1.82) is 0 Å². The van der Waals surface area contributed by atoms with Gasteiger partial charge < -0.3 is 35.5 Å². The molecule has 3 fully saturated rings. The second kappa shape index (κ2) is 15.6. The van der Waals surface area contributed by atoms with Crippen LogP contribution >= 0.6 is 15.2 Å². The standard InChI is InChI=1S/C27H44O.C4H13NO7P2/c1-19(2)8-6-9-21(4)25-15-16-26-22(10-7-17-27(25,26)5)12-13-23-18-24(28)14-11-20(23)3;5-3-1-2-4(6,13(7,8)9)14(10,11)12/h12-13,19,21,24-26,28H,3,6-11,14-18H2,1-2,4-5H3;6H,1-3,5H2,(H2,7,8,9)(H2,10,11,12)/b22-12+,23-13-;/t21-,24+,25-,26+,27-;/m1./s1. The summed E-state index contributed by atoms with van der Waals surface area (Å²) in [4.78, 5) is 34.5. The molecule has 0 aromatic rings. The van der Waals surface area contributed by atoms with E-state index in [9.17, 15) is 19.3 Å². The van der Waals surface area contributed by atoms with Gasteiger partial charge in [-0.2, -0.15) is 0 Å². The van der Waals surface area contributed by atoms with Gasteiger partial charge >= 0.3 is 15.2 Å². The molecule has 0 aliphatic heterocycles. The van der Waals surface area contributed by atoms with Gasteiger partial charge in [-0.1, -0.05) is 76.8 Å². The van der Waals surface area contributed by atoms with Crippen molar-refractivity contribution in [3.05, 3.63) is 35.5 Å². The van der Waals surface area contributed by atoms with Gasteiger partial charge in [0.15, 0.2) is 0 Å². The molecule has 0 bridgehead atoms. The van der Waals surface area contributed by atoms with E-state index in [-0.39, 0.29) is 19.1 Å². The topological polar surface area (TPSA) is 182 Å². The number of hydrogen-bond donors (Lipinski definition) is 7. The van der Waals surface area contributed by atoms with Crippen LogP contribution in [0.15, 0.2) is 35.5 Å². The summed E-state index contributed by atoms with van der Waals surface area (Å²) in [6.45, 7) is 14.0. The van der Waals surface area contributed by atoms with Crippen LogP contribution in [-0.2, 0) is 9.13 Å². The van der Waals surface area contributed by atoms with Crippen molar-refractivity contribution in [2.24, 2.45) is 34.8 Å². The third-order valence-electron chi connectivity index (χ3n) is 10.0. The van der Waals surface area contributed by atoms with Crippen LogP contribution in [0.5, 0.6) is 0 Å². The van der Waals surface area contributed by atoms with Gasteiger partial charge in [0.05, 0.1) is 6.10 Å². The number of allylic oxidation sites excluding steroid dienone is 4. The van der Waals surface area contributed by atoms with E-state index in [2.05, 4.69) is 46.4 Å². The highest BCUT2D eigenvalue weighted by molar-refractivity contribution is 7.72. The van der Waals surface area contributed by atoms with Gasteiger partial charge in [-0.25, -0.2) is 0 Å². The highest BCUT2D eigenvalue weighted by Gasteiger charge is 2.58. The largest absolute Gasteiger partial charge is 0.393 e. The molecule has 244 valence electrons. The lowest BCUT2D eigenvalue weighted by molar-refractivity contribution is 0.0928. The first-order valence-corrected chi connectivity index (χ1v) is 18.9. The fourth-order valence-corrected chi connectivity index (χ4v) is 9.72. The smallest absolute Gasteiger partial charge is 0.369 e. The number of hydrogen-bond acceptors (Lipinski definition) is 5. The summed E-state index contributed by atoms with van der Waals surface area (Å²) in [6, 6.07) is 0. The van der Waals surface area contributed by atoms with Crippen molar-refractivity contribution >= 4 is 15.2 Å². The molecule has 5 atom stereocenters. The molecule has 3 saturated carbocycles. The van der Waals surface area contributed by atoms with Crippen molar-refractivity contribution in [2.75, 3.05) is 6.54 Å². The van der Waals surface area contributed by atoms with Crippen LogP contribution < -0.4 is 5.73 Å². The van der Waals surface area contributed by atoms with E-state index in [1.165, 1.54) is 62.5 Å². The summed E-state index contributed by atoms with van der Waals surface area (Å²) < 4.78 is 21.4. The second-order valence-corrected chi connectivity index (χ2v) is 17.6. The molecule has 0 aromatic carbocycles. The summed E-state index contributed by atoms with van der Waals surface area (Å²) in [5, 5.41) is 15.9. The molecule has 8 N–H and O–H groups in total. The molecule has 3 rings (SSSR count). The van der Waals surface area contributed by atoms with E-state index in [4.69, 9.17) is 25.3 Å². The first kappa shape index (κ1) is 37.6. The first-order valence-electron chi connectivity index (χ1n) is 15.7. The summed E-state index contributed by atoms with van der Waals surface area (Å²) in [5.74, 6) is 3.37. The molecule has 0 saturated heterocycles. The number of fused-ring (bicyclic) bond motifs is 1. The van der Waals surface area contributed by atoms with Gasteiger partial charge in [0, 0.05) is 6.42 Å². The molecule has 3 aliphatic rings. The van der Waals surface area contributed by atoms with Gasteiger partial charge in [0.2, 0.25) is 0 Å². The minimum absolute atomic E-state index is 0.0394. The van der Waals surface area contributed by atoms with Gasteiger partial charge in [-0.15, -0.1) is 0 Å². The Labute approximate surface area is 253 Å². The lowest BCUT2D eigenvalue weighted by Gasteiger charge is -2.44. The first-order chi connectivity index (χ1) is 19.4. The predicted molar refractivity (Wildman–Crippen MR) is 169 cm³/mol. The average Bonchev–Trinajstić information content (AvgIpc) is 3.24. The Morgan fingerprint density at radius 2 is 1.67 bits per heavy atom. The Morgan fingerprint density at radius 3 is 2.24 bits per heavy atom. The zero-order valence-electron chi connectivity index (χ0n) is 26.1. The summed E-state index contributed by atoms with van der Waals surface area (Å²) in [6.07, 6.45) is 17.4. The molecule has 0 spiro atoms. The Bertz CT molecular complexity index is 1040. The number of rotatable bonds is 11. The van der Waals surface area contributed by atoms with Crippen LogP contribution in [0, 0.1) is 29.1 Å². The average molecular weight is 634 g/mol. The molecule has 42 heavy (non-hydrogen) atoms. The van der Waals surface area contributed by atoms with E-state index < -0.39 is 26.7 Å². The Kier molecular flexibility index (Phi) is 14.0. The van der Waals surface area contributed by atoms with Crippen molar-refractivity contribution < 1.29 is 38.9 Å². The van der Waals surface area contributed by atoms with E-state index in [1.807, 2.05) is 0 Å². The molecule has 0 amide bonds. The zero-order chi connectivity index (χ0) is 31.9. The van der Waals surface area contributed by atoms with E-state index in [1.54, 1.807) is 5.57 Å². The number of aliphatic hydroxyl groups excluding tert-OH is 1. The summed E-state index contributed by atoms with van der Waals surface area (Å²) >= 11 is 0. The van der Waals surface area contributed by atoms with Gasteiger partial charge in [0.25, 0.3) is 5.08 Å². The van der Waals surface area contributed by atoms with Crippen LogP contribution in [0.2, 0.25) is 0 Å². The monoisotopic (exact) mass is 633 g/mol. The quantitative estimate of drug-likeness (QED) is 0.128. The molecule has 0 unspecified atom stereocenters. The maximum Gasteiger partial charge on any atom is 0.369 e. The van der Waals surface area contributed by atoms with E-state index in [0.29, 0.717) is 5.41 Å². The molecule has 0 aromatic heterocycles. The van der Waals surface area contributed by atoms with Crippen LogP contribution in [0.4, 0.5) is 0 Å². The molecule has 0 heterocycles. The highest BCUT2D eigenvalue weighted by Crippen LogP contribution is 2.69. The van der Waals surface area contributed by atoms with Gasteiger partial charge in [0.1, 0.15) is 0 Å². The fourth-order valence-electron chi connectivity index (χ4n) is 7.46. The molecular formula is C31H57NO8P2. The molecule has 9 nitrogen and oxygen atoms in total. The lowest BCUT2D eigenvalue weighted by Crippen LogP contribution is -2.36. The predicted octanol–water partition coefficient (Wildman–Crippen LogP) is 6.35. The third kappa shape index (κ3) is 9.45. The fraction of sp³-hybridized carbons (Fsp3) is 0.806. The van der Waals surface area contributed by atoms with Crippen molar-refractivity contribution in [3.63, 3.8) is 0 Å². The summed E-state index contributed by atoms with van der Waals surface area (Å²) in [5.41, 5.74) is 9.72. The minimum atomic E-state index is -5.30. The van der Waals surface area contributed by atoms with E-state index in [0.717, 1.165) is 42.9 Å².